The number of nitrogens with zero attached hydrogens (tertiary/aromatic N) is 2. The summed E-state index contributed by atoms with van der Waals surface area (Å²) in [4.78, 5) is 8.50. The number of furan rings is 2. The molecule has 80 valence electrons. The second-order valence-electron chi connectivity index (χ2n) is 3.47. The summed E-state index contributed by atoms with van der Waals surface area (Å²) in [6.07, 6.45) is 3.29. The molecular formula is C12H10N2O2. The first kappa shape index (κ1) is 9.15. The van der Waals surface area contributed by atoms with E-state index in [1.54, 1.807) is 26.6 Å². The lowest BCUT2D eigenvalue weighted by Gasteiger charge is -2.13. The van der Waals surface area contributed by atoms with Gasteiger partial charge in [-0.25, -0.2) is 0 Å². The fourth-order valence-electron chi connectivity index (χ4n) is 2.05. The van der Waals surface area contributed by atoms with E-state index in [4.69, 9.17) is 8.83 Å². The van der Waals surface area contributed by atoms with Crippen LogP contribution in [0, 0.1) is 0 Å². The molecule has 0 atom stereocenters. The van der Waals surface area contributed by atoms with Crippen LogP contribution >= 0.6 is 0 Å². The van der Waals surface area contributed by atoms with Gasteiger partial charge in [0.2, 0.25) is 0 Å². The molecule has 2 heterocycles. The van der Waals surface area contributed by atoms with E-state index in [0.29, 0.717) is 0 Å². The molecule has 1 aliphatic carbocycles. The van der Waals surface area contributed by atoms with Gasteiger partial charge >= 0.3 is 0 Å². The van der Waals surface area contributed by atoms with Crippen molar-refractivity contribution in [2.45, 2.75) is 0 Å². The van der Waals surface area contributed by atoms with Crippen LogP contribution in [0.3, 0.4) is 0 Å². The lowest BCUT2D eigenvalue weighted by molar-refractivity contribution is 0.547. The molecule has 4 nitrogen and oxygen atoms in total. The number of fused-ring (bicyclic) bond motifs is 2. The predicted molar refractivity (Wildman–Crippen MR) is 60.5 cm³/mol. The third kappa shape index (κ3) is 0.984. The quantitative estimate of drug-likeness (QED) is 0.575. The second kappa shape index (κ2) is 3.20. The van der Waals surface area contributed by atoms with E-state index in [2.05, 4.69) is 9.98 Å². The number of rotatable bonds is 0. The molecule has 0 unspecified atom stereocenters. The molecule has 0 bridgehead atoms. The largest absolute Gasteiger partial charge is 0.462 e. The van der Waals surface area contributed by atoms with Gasteiger partial charge in [0.1, 0.15) is 11.4 Å². The Labute approximate surface area is 92.3 Å². The molecule has 2 aromatic rings. The van der Waals surface area contributed by atoms with Crippen molar-refractivity contribution in [3.05, 3.63) is 47.3 Å². The summed E-state index contributed by atoms with van der Waals surface area (Å²) in [5.41, 5.74) is 3.50. The van der Waals surface area contributed by atoms with E-state index in [9.17, 15) is 0 Å². The summed E-state index contributed by atoms with van der Waals surface area (Å²) in [5, 5.41) is 0. The molecule has 0 amide bonds. The van der Waals surface area contributed by atoms with Crippen LogP contribution in [0.1, 0.15) is 22.6 Å². The maximum absolute atomic E-state index is 5.46. The molecule has 0 saturated heterocycles. The standard InChI is InChI=1S/C12H10N2O2/c1-13-9-7-3-5-16-12(7)10(14-2)8-4-6-15-11(8)9/h3-6H,1-2H3. The van der Waals surface area contributed by atoms with Crippen molar-refractivity contribution in [2.75, 3.05) is 14.1 Å². The monoisotopic (exact) mass is 214 g/mol. The van der Waals surface area contributed by atoms with Crippen molar-refractivity contribution in [3.8, 4) is 0 Å². The summed E-state index contributed by atoms with van der Waals surface area (Å²) in [6.45, 7) is 0. The highest BCUT2D eigenvalue weighted by molar-refractivity contribution is 6.29. The van der Waals surface area contributed by atoms with Gasteiger partial charge in [-0.15, -0.1) is 0 Å². The number of aliphatic imine (C=N–C) groups is 2. The minimum atomic E-state index is 0.761. The van der Waals surface area contributed by atoms with Gasteiger partial charge in [-0.05, 0) is 12.1 Å². The minimum Gasteiger partial charge on any atom is -0.462 e. The molecule has 1 aliphatic rings. The van der Waals surface area contributed by atoms with Crippen LogP contribution in [0.15, 0.2) is 43.5 Å². The molecule has 4 heteroatoms. The van der Waals surface area contributed by atoms with Gasteiger partial charge in [-0.2, -0.15) is 0 Å². The van der Waals surface area contributed by atoms with E-state index < -0.39 is 0 Å². The first-order valence-corrected chi connectivity index (χ1v) is 4.97. The van der Waals surface area contributed by atoms with Gasteiger partial charge in [0.15, 0.2) is 11.5 Å². The topological polar surface area (TPSA) is 51.0 Å². The Hall–Kier alpha value is -2.10. The highest BCUT2D eigenvalue weighted by atomic mass is 16.3. The smallest absolute Gasteiger partial charge is 0.162 e. The summed E-state index contributed by atoms with van der Waals surface area (Å²) < 4.78 is 10.9. The third-order valence-corrected chi connectivity index (χ3v) is 2.72. The van der Waals surface area contributed by atoms with Gasteiger partial charge < -0.3 is 8.83 Å². The molecule has 0 aromatic carbocycles. The molecule has 2 aromatic heterocycles. The average molecular weight is 214 g/mol. The Morgan fingerprint density at radius 2 is 1.25 bits per heavy atom. The van der Waals surface area contributed by atoms with Crippen LogP contribution in [0.25, 0.3) is 0 Å². The molecular weight excluding hydrogens is 204 g/mol. The van der Waals surface area contributed by atoms with Gasteiger partial charge in [0.05, 0.1) is 23.7 Å². The Morgan fingerprint density at radius 1 is 0.812 bits per heavy atom. The Bertz CT molecular complexity index is 507. The maximum Gasteiger partial charge on any atom is 0.162 e. The fourth-order valence-corrected chi connectivity index (χ4v) is 2.05. The summed E-state index contributed by atoms with van der Waals surface area (Å²) in [6, 6.07) is 3.77. The Balaban J connectivity index is 2.38. The maximum atomic E-state index is 5.46. The molecule has 16 heavy (non-hydrogen) atoms. The normalized spacial score (nSPS) is 18.9. The van der Waals surface area contributed by atoms with Crippen molar-refractivity contribution < 1.29 is 8.83 Å². The predicted octanol–water partition coefficient (Wildman–Crippen LogP) is 2.12. The lowest BCUT2D eigenvalue weighted by Crippen LogP contribution is -2.18. The fraction of sp³-hybridized carbons (Fsp3) is 0.167. The van der Waals surface area contributed by atoms with E-state index >= 15 is 0 Å². The highest BCUT2D eigenvalue weighted by Crippen LogP contribution is 2.29. The van der Waals surface area contributed by atoms with Crippen LogP contribution in [-0.2, 0) is 0 Å². The Kier molecular flexibility index (Phi) is 1.83. The lowest BCUT2D eigenvalue weighted by atomic mass is 9.93. The molecule has 0 radical (unpaired) electrons. The first-order chi connectivity index (χ1) is 7.86. The van der Waals surface area contributed by atoms with Gasteiger partial charge in [0, 0.05) is 14.1 Å². The first-order valence-electron chi connectivity index (χ1n) is 4.97. The summed E-state index contributed by atoms with van der Waals surface area (Å²) in [5.74, 6) is 1.52. The summed E-state index contributed by atoms with van der Waals surface area (Å²) in [7, 11) is 3.49. The molecule has 0 fully saturated rings. The van der Waals surface area contributed by atoms with E-state index in [-0.39, 0.29) is 0 Å². The zero-order chi connectivity index (χ0) is 11.1. The zero-order valence-electron chi connectivity index (χ0n) is 9.02. The SMILES string of the molecule is CN=C1c2ccoc2C(=NC)c2ccoc21. The van der Waals surface area contributed by atoms with Crippen molar-refractivity contribution in [2.24, 2.45) is 9.98 Å². The van der Waals surface area contributed by atoms with Crippen LogP contribution in [0.2, 0.25) is 0 Å². The number of hydrogen-bond acceptors (Lipinski definition) is 4. The molecule has 0 N–H and O–H groups in total. The van der Waals surface area contributed by atoms with Gasteiger partial charge in [-0.1, -0.05) is 0 Å². The second-order valence-corrected chi connectivity index (χ2v) is 3.47. The van der Waals surface area contributed by atoms with E-state index in [1.165, 1.54) is 0 Å². The van der Waals surface area contributed by atoms with Crippen molar-refractivity contribution in [3.63, 3.8) is 0 Å². The van der Waals surface area contributed by atoms with Gasteiger partial charge in [-0.3, -0.25) is 9.98 Å². The van der Waals surface area contributed by atoms with E-state index in [0.717, 1.165) is 34.1 Å². The van der Waals surface area contributed by atoms with Crippen LogP contribution in [0.5, 0.6) is 0 Å². The Morgan fingerprint density at radius 3 is 1.62 bits per heavy atom. The molecule has 0 spiro atoms. The third-order valence-electron chi connectivity index (χ3n) is 2.72. The van der Waals surface area contributed by atoms with Crippen molar-refractivity contribution >= 4 is 11.4 Å². The molecule has 0 aliphatic heterocycles. The van der Waals surface area contributed by atoms with Gasteiger partial charge in [0.25, 0.3) is 0 Å². The zero-order valence-corrected chi connectivity index (χ0v) is 9.02. The van der Waals surface area contributed by atoms with Crippen molar-refractivity contribution in [1.29, 1.82) is 0 Å². The highest BCUT2D eigenvalue weighted by Gasteiger charge is 2.31. The minimum absolute atomic E-state index is 0.761. The average Bonchev–Trinajstić information content (AvgIpc) is 2.93. The molecule has 3 rings (SSSR count). The van der Waals surface area contributed by atoms with Crippen LogP contribution in [0.4, 0.5) is 0 Å². The van der Waals surface area contributed by atoms with E-state index in [1.807, 2.05) is 12.1 Å². The summed E-state index contributed by atoms with van der Waals surface area (Å²) >= 11 is 0. The van der Waals surface area contributed by atoms with Crippen LogP contribution in [-0.4, -0.2) is 25.5 Å². The van der Waals surface area contributed by atoms with Crippen LogP contribution < -0.4 is 0 Å². The molecule has 0 saturated carbocycles. The number of hydrogen-bond donors (Lipinski definition) is 0. The van der Waals surface area contributed by atoms with Crippen molar-refractivity contribution in [1.82, 2.24) is 0 Å².